The summed E-state index contributed by atoms with van der Waals surface area (Å²) in [4.78, 5) is 44.7. The number of rotatable bonds is 7. The van der Waals surface area contributed by atoms with Gasteiger partial charge in [-0.1, -0.05) is 12.8 Å². The second-order valence-electron chi connectivity index (χ2n) is 14.0. The summed E-state index contributed by atoms with van der Waals surface area (Å²) in [6, 6.07) is 8.28. The number of nitrogens with one attached hydrogen (secondary N) is 1. The van der Waals surface area contributed by atoms with Crippen LogP contribution in [0.1, 0.15) is 51.5 Å². The fourth-order valence-electron chi connectivity index (χ4n) is 7.75. The van der Waals surface area contributed by atoms with E-state index < -0.39 is 12.5 Å². The predicted octanol–water partition coefficient (Wildman–Crippen LogP) is 4.17. The summed E-state index contributed by atoms with van der Waals surface area (Å²) in [6.07, 6.45) is 8.88. The van der Waals surface area contributed by atoms with Gasteiger partial charge in [-0.05, 0) is 56.5 Å². The van der Waals surface area contributed by atoms with Crippen LogP contribution in [0.4, 0.5) is 27.4 Å². The number of piperazine rings is 2. The molecule has 3 aromatic rings. The highest BCUT2D eigenvalue weighted by Gasteiger charge is 2.37. The van der Waals surface area contributed by atoms with Crippen LogP contribution in [-0.4, -0.2) is 99.4 Å². The van der Waals surface area contributed by atoms with Crippen molar-refractivity contribution in [2.24, 2.45) is 7.05 Å². The quantitative estimate of drug-likeness (QED) is 0.375. The van der Waals surface area contributed by atoms with E-state index in [1.807, 2.05) is 30.2 Å². The highest BCUT2D eigenvalue weighted by molar-refractivity contribution is 6.06. The van der Waals surface area contributed by atoms with E-state index in [2.05, 4.69) is 32.0 Å². The Kier molecular flexibility index (Phi) is 9.89. The van der Waals surface area contributed by atoms with E-state index >= 15 is 4.39 Å². The molecule has 0 bridgehead atoms. The van der Waals surface area contributed by atoms with Crippen LogP contribution in [0.2, 0.25) is 0 Å². The lowest BCUT2D eigenvalue weighted by Crippen LogP contribution is -2.59. The molecule has 2 N–H and O–H groups in total. The van der Waals surface area contributed by atoms with Crippen LogP contribution in [-0.2, 0) is 23.2 Å². The number of aromatic nitrogens is 3. The first-order valence-electron chi connectivity index (χ1n) is 17.8. The minimum absolute atomic E-state index is 0.0468. The average Bonchev–Trinajstić information content (AvgIpc) is 3.15. The zero-order valence-electron chi connectivity index (χ0n) is 29.1. The molecule has 4 aliphatic rings. The number of fused-ring (bicyclic) bond motifs is 1. The van der Waals surface area contributed by atoms with Crippen molar-refractivity contribution in [3.05, 3.63) is 70.3 Å². The van der Waals surface area contributed by atoms with E-state index in [9.17, 15) is 14.7 Å². The number of ether oxygens (including phenoxy) is 1. The van der Waals surface area contributed by atoms with Crippen molar-refractivity contribution in [3.63, 3.8) is 0 Å². The van der Waals surface area contributed by atoms with Gasteiger partial charge in [-0.15, -0.1) is 0 Å². The number of nitrogens with zero attached hydrogens (tertiary/aromatic N) is 7. The highest BCUT2D eigenvalue weighted by atomic mass is 19.1. The number of hydrogen-bond donors (Lipinski definition) is 2. The van der Waals surface area contributed by atoms with Gasteiger partial charge in [-0.3, -0.25) is 19.4 Å². The Morgan fingerprint density at radius 3 is 2.54 bits per heavy atom. The zero-order chi connectivity index (χ0) is 34.9. The molecule has 4 aliphatic heterocycles. The van der Waals surface area contributed by atoms with Crippen molar-refractivity contribution in [3.8, 4) is 11.1 Å². The van der Waals surface area contributed by atoms with E-state index in [4.69, 9.17) is 4.74 Å². The highest BCUT2D eigenvalue weighted by Crippen LogP contribution is 2.35. The largest absolute Gasteiger partial charge is 0.392 e. The number of hydrogen-bond acceptors (Lipinski definition) is 10. The zero-order valence-corrected chi connectivity index (χ0v) is 29.1. The molecule has 50 heavy (non-hydrogen) atoms. The van der Waals surface area contributed by atoms with Crippen LogP contribution in [0.15, 0.2) is 59.2 Å². The van der Waals surface area contributed by atoms with Crippen LogP contribution in [0.25, 0.3) is 11.1 Å². The van der Waals surface area contributed by atoms with E-state index in [1.54, 1.807) is 31.6 Å². The molecule has 266 valence electrons. The molecule has 1 unspecified atom stereocenters. The van der Waals surface area contributed by atoms with E-state index in [0.29, 0.717) is 65.6 Å². The van der Waals surface area contributed by atoms with Crippen molar-refractivity contribution in [2.45, 2.75) is 70.7 Å². The first-order chi connectivity index (χ1) is 24.2. The first-order valence-corrected chi connectivity index (χ1v) is 17.8. The Balaban J connectivity index is 1.13. The smallest absolute Gasteiger partial charge is 0.278 e. The monoisotopic (exact) mass is 686 g/mol. The van der Waals surface area contributed by atoms with Gasteiger partial charge in [0, 0.05) is 81.8 Å². The fourth-order valence-corrected chi connectivity index (χ4v) is 7.75. The Morgan fingerprint density at radius 1 is 1.00 bits per heavy atom. The summed E-state index contributed by atoms with van der Waals surface area (Å²) < 4.78 is 22.4. The maximum atomic E-state index is 15.5. The summed E-state index contributed by atoms with van der Waals surface area (Å²) in [6.45, 7) is 9.14. The molecule has 0 aromatic carbocycles. The van der Waals surface area contributed by atoms with Crippen molar-refractivity contribution >= 4 is 28.9 Å². The molecule has 0 spiro atoms. The molecular formula is C37H47FN8O4. The fraction of sp³-hybridized carbons (Fsp3) is 0.514. The Bertz CT molecular complexity index is 1810. The molecule has 1 amide bonds. The summed E-state index contributed by atoms with van der Waals surface area (Å²) in [5, 5.41) is 13.9. The lowest BCUT2D eigenvalue weighted by Gasteiger charge is -2.46. The van der Waals surface area contributed by atoms with Gasteiger partial charge in [-0.25, -0.2) is 14.4 Å². The maximum Gasteiger partial charge on any atom is 0.278 e. The number of anilines is 4. The summed E-state index contributed by atoms with van der Waals surface area (Å²) >= 11 is 0. The minimum Gasteiger partial charge on any atom is -0.392 e. The van der Waals surface area contributed by atoms with E-state index in [-0.39, 0.29) is 29.5 Å². The second-order valence-corrected chi connectivity index (χ2v) is 14.0. The third kappa shape index (κ3) is 6.61. The molecule has 3 aromatic heterocycles. The van der Waals surface area contributed by atoms with Crippen molar-refractivity contribution < 1.29 is 19.0 Å². The van der Waals surface area contributed by atoms with Gasteiger partial charge in [0.2, 0.25) is 0 Å². The summed E-state index contributed by atoms with van der Waals surface area (Å²) in [5.74, 6) is -0.00792. The predicted molar refractivity (Wildman–Crippen MR) is 191 cm³/mol. The summed E-state index contributed by atoms with van der Waals surface area (Å²) in [7, 11) is 1.67. The topological polar surface area (TPSA) is 119 Å². The molecule has 3 saturated heterocycles. The number of amides is 1. The Labute approximate surface area is 292 Å². The number of halogens is 1. The van der Waals surface area contributed by atoms with Crippen molar-refractivity contribution in [1.29, 1.82) is 0 Å². The number of aliphatic hydroxyl groups excluding tert-OH is 1. The van der Waals surface area contributed by atoms with Gasteiger partial charge in [0.25, 0.3) is 11.5 Å². The van der Waals surface area contributed by atoms with Gasteiger partial charge in [0.05, 0.1) is 37.7 Å². The Morgan fingerprint density at radius 2 is 1.82 bits per heavy atom. The van der Waals surface area contributed by atoms with Crippen LogP contribution < -0.4 is 20.7 Å². The van der Waals surface area contributed by atoms with Crippen LogP contribution >= 0.6 is 0 Å². The molecule has 7 rings (SSSR count). The molecule has 0 saturated carbocycles. The van der Waals surface area contributed by atoms with Gasteiger partial charge in [0.15, 0.2) is 0 Å². The lowest BCUT2D eigenvalue weighted by molar-refractivity contribution is -0.118. The lowest BCUT2D eigenvalue weighted by atomic mass is 10.0. The van der Waals surface area contributed by atoms with Crippen LogP contribution in [0.5, 0.6) is 0 Å². The van der Waals surface area contributed by atoms with Crippen LogP contribution in [0.3, 0.4) is 0 Å². The molecule has 0 radical (unpaired) electrons. The molecule has 12 nitrogen and oxygen atoms in total. The average molecular weight is 687 g/mol. The normalized spacial score (nSPS) is 23.9. The Hall–Kier alpha value is -4.33. The SMILES string of the molecule is CC1CCCCC/C(F)=C2/C(=O)N(c3nccc(-c4cc(Nc5ccc(N6CCN(C7COC7)C[C@@H]6C)cn5)c(=O)n(C)c4)c3CO)CCN21. The molecule has 2 atom stereocenters. The molecule has 7 heterocycles. The van der Waals surface area contributed by atoms with Gasteiger partial charge >= 0.3 is 0 Å². The molecular weight excluding hydrogens is 639 g/mol. The van der Waals surface area contributed by atoms with Crippen molar-refractivity contribution in [2.75, 3.05) is 61.1 Å². The van der Waals surface area contributed by atoms with Gasteiger partial charge in [0.1, 0.15) is 28.8 Å². The second kappa shape index (κ2) is 14.5. The third-order valence-electron chi connectivity index (χ3n) is 10.7. The third-order valence-corrected chi connectivity index (χ3v) is 10.7. The van der Waals surface area contributed by atoms with E-state index in [0.717, 1.165) is 57.8 Å². The number of aryl methyl sites for hydroxylation is 1. The number of carbonyl (C=O) groups excluding carboxylic acids is 1. The van der Waals surface area contributed by atoms with E-state index in [1.165, 1.54) is 9.47 Å². The van der Waals surface area contributed by atoms with Crippen molar-refractivity contribution in [1.82, 2.24) is 24.3 Å². The molecule has 3 fully saturated rings. The number of pyridine rings is 3. The number of aliphatic hydroxyl groups is 1. The van der Waals surface area contributed by atoms with Gasteiger partial charge < -0.3 is 29.5 Å². The molecule has 0 aliphatic carbocycles. The summed E-state index contributed by atoms with van der Waals surface area (Å²) in [5.41, 5.74) is 2.90. The number of carbonyl (C=O) groups is 1. The number of allylic oxidation sites excluding steroid dienone is 1. The first kappa shape index (κ1) is 34.1. The van der Waals surface area contributed by atoms with Gasteiger partial charge in [-0.2, -0.15) is 0 Å². The van der Waals surface area contributed by atoms with Crippen LogP contribution in [0, 0.1) is 0 Å². The minimum atomic E-state index is -0.441. The standard InChI is InChI=1S/C37H47FN8O4/c1-24-7-5-4-6-8-31(38)34-37(49)46(16-15-45(24)34)35-30(21-47)29(11-12-39-35)26-17-32(36(48)42(3)20-26)41-33-10-9-27(18-40-33)44-14-13-43(19-25(44)2)28-22-50-23-28/h9-12,17-18,20,24-25,28,47H,4-8,13-16,19,21-23H2,1-3H3,(H,40,41)/b34-31+/t24?,25-/m0/s1. The maximum absolute atomic E-state index is 15.5. The molecule has 13 heteroatoms.